The summed E-state index contributed by atoms with van der Waals surface area (Å²) in [4.78, 5) is 13.7. The molecule has 0 atom stereocenters. The standard InChI is InChI=1S/C14H21N3O2/c15-16-14(18)13-5-3-12(4-6-13)11-19-10-9-17-7-1-2-8-17/h3-6H,1-2,7-11,15H2,(H,16,18). The van der Waals surface area contributed by atoms with Crippen LogP contribution in [0, 0.1) is 0 Å². The number of rotatable bonds is 6. The smallest absolute Gasteiger partial charge is 0.265 e. The summed E-state index contributed by atoms with van der Waals surface area (Å²) in [7, 11) is 0. The normalized spacial score (nSPS) is 15.6. The second-order valence-corrected chi connectivity index (χ2v) is 4.77. The van der Waals surface area contributed by atoms with Crippen LogP contribution in [0.1, 0.15) is 28.8 Å². The van der Waals surface area contributed by atoms with Gasteiger partial charge in [-0.25, -0.2) is 5.84 Å². The highest BCUT2D eigenvalue weighted by Gasteiger charge is 2.10. The van der Waals surface area contributed by atoms with Crippen molar-refractivity contribution in [1.82, 2.24) is 10.3 Å². The molecule has 0 aromatic heterocycles. The molecule has 1 aliphatic rings. The van der Waals surface area contributed by atoms with Crippen molar-refractivity contribution in [3.05, 3.63) is 35.4 Å². The largest absolute Gasteiger partial charge is 0.375 e. The second kappa shape index (κ2) is 7.23. The van der Waals surface area contributed by atoms with Crippen LogP contribution in [-0.4, -0.2) is 37.0 Å². The highest BCUT2D eigenvalue weighted by atomic mass is 16.5. The van der Waals surface area contributed by atoms with Crippen LogP contribution in [0.15, 0.2) is 24.3 Å². The molecule has 1 heterocycles. The molecule has 5 nitrogen and oxygen atoms in total. The first-order valence-corrected chi connectivity index (χ1v) is 6.69. The summed E-state index contributed by atoms with van der Waals surface area (Å²) < 4.78 is 5.64. The fourth-order valence-electron chi connectivity index (χ4n) is 2.23. The van der Waals surface area contributed by atoms with Crippen LogP contribution in [0.2, 0.25) is 0 Å². The van der Waals surface area contributed by atoms with Gasteiger partial charge in [0, 0.05) is 12.1 Å². The lowest BCUT2D eigenvalue weighted by atomic mass is 10.1. The minimum Gasteiger partial charge on any atom is -0.375 e. The number of nitrogen functional groups attached to an aromatic ring is 1. The van der Waals surface area contributed by atoms with Crippen LogP contribution < -0.4 is 11.3 Å². The first-order chi connectivity index (χ1) is 9.29. The van der Waals surface area contributed by atoms with Crippen molar-refractivity contribution >= 4 is 5.91 Å². The summed E-state index contributed by atoms with van der Waals surface area (Å²) >= 11 is 0. The number of nitrogens with two attached hydrogens (primary N) is 1. The lowest BCUT2D eigenvalue weighted by Gasteiger charge is -2.14. The number of carbonyl (C=O) groups is 1. The Balaban J connectivity index is 1.69. The molecule has 0 aliphatic carbocycles. The molecule has 1 aromatic rings. The number of hydrazine groups is 1. The minimum atomic E-state index is -0.276. The van der Waals surface area contributed by atoms with E-state index in [0.29, 0.717) is 12.2 Å². The molecule has 0 unspecified atom stereocenters. The molecule has 3 N–H and O–H groups in total. The zero-order chi connectivity index (χ0) is 13.5. The highest BCUT2D eigenvalue weighted by molar-refractivity contribution is 5.93. The predicted octanol–water partition coefficient (Wildman–Crippen LogP) is 0.902. The molecule has 2 rings (SSSR count). The molecule has 5 heteroatoms. The molecule has 0 radical (unpaired) electrons. The summed E-state index contributed by atoms with van der Waals surface area (Å²) in [5, 5.41) is 0. The summed E-state index contributed by atoms with van der Waals surface area (Å²) in [5.41, 5.74) is 3.73. The zero-order valence-electron chi connectivity index (χ0n) is 11.1. The van der Waals surface area contributed by atoms with E-state index >= 15 is 0 Å². The first kappa shape index (κ1) is 14.0. The summed E-state index contributed by atoms with van der Waals surface area (Å²) in [6.45, 7) is 4.75. The lowest BCUT2D eigenvalue weighted by Crippen LogP contribution is -2.29. The Morgan fingerprint density at radius 3 is 2.58 bits per heavy atom. The van der Waals surface area contributed by atoms with Crippen LogP contribution in [0.5, 0.6) is 0 Å². The van der Waals surface area contributed by atoms with Crippen LogP contribution in [0.4, 0.5) is 0 Å². The monoisotopic (exact) mass is 263 g/mol. The van der Waals surface area contributed by atoms with Gasteiger partial charge in [0.1, 0.15) is 0 Å². The molecule has 1 aliphatic heterocycles. The van der Waals surface area contributed by atoms with Crippen molar-refractivity contribution in [2.24, 2.45) is 5.84 Å². The van der Waals surface area contributed by atoms with Gasteiger partial charge in [0.15, 0.2) is 0 Å². The van der Waals surface area contributed by atoms with Gasteiger partial charge < -0.3 is 9.64 Å². The van der Waals surface area contributed by atoms with E-state index in [-0.39, 0.29) is 5.91 Å². The van der Waals surface area contributed by atoms with Gasteiger partial charge in [-0.1, -0.05) is 12.1 Å². The van der Waals surface area contributed by atoms with Gasteiger partial charge in [-0.15, -0.1) is 0 Å². The van der Waals surface area contributed by atoms with E-state index in [2.05, 4.69) is 10.3 Å². The molecule has 0 spiro atoms. The third-order valence-corrected chi connectivity index (χ3v) is 3.37. The van der Waals surface area contributed by atoms with Gasteiger partial charge >= 0.3 is 0 Å². The van der Waals surface area contributed by atoms with Crippen LogP contribution in [-0.2, 0) is 11.3 Å². The number of carbonyl (C=O) groups excluding carboxylic acids is 1. The number of ether oxygens (including phenoxy) is 1. The van der Waals surface area contributed by atoms with Gasteiger partial charge in [-0.2, -0.15) is 0 Å². The van der Waals surface area contributed by atoms with Gasteiger partial charge in [0.25, 0.3) is 5.91 Å². The first-order valence-electron chi connectivity index (χ1n) is 6.69. The third-order valence-electron chi connectivity index (χ3n) is 3.37. The zero-order valence-corrected chi connectivity index (χ0v) is 11.1. The van der Waals surface area contributed by atoms with E-state index in [1.807, 2.05) is 12.1 Å². The number of hydrogen-bond acceptors (Lipinski definition) is 4. The molecular weight excluding hydrogens is 242 g/mol. The van der Waals surface area contributed by atoms with E-state index in [1.165, 1.54) is 25.9 Å². The Labute approximate surface area is 113 Å². The summed E-state index contributed by atoms with van der Waals surface area (Å²) in [5.74, 6) is 4.79. The van der Waals surface area contributed by atoms with Crippen LogP contribution in [0.25, 0.3) is 0 Å². The molecule has 0 saturated carbocycles. The number of nitrogens with one attached hydrogen (secondary N) is 1. The SMILES string of the molecule is NNC(=O)c1ccc(COCCN2CCCC2)cc1. The Morgan fingerprint density at radius 2 is 1.95 bits per heavy atom. The van der Waals surface area contributed by atoms with Crippen LogP contribution in [0.3, 0.4) is 0 Å². The quantitative estimate of drug-likeness (QED) is 0.346. The molecule has 1 amide bonds. The van der Waals surface area contributed by atoms with Gasteiger partial charge in [-0.05, 0) is 43.6 Å². The Bertz CT molecular complexity index is 400. The maximum absolute atomic E-state index is 11.3. The summed E-state index contributed by atoms with van der Waals surface area (Å²) in [6, 6.07) is 7.28. The Morgan fingerprint density at radius 1 is 1.26 bits per heavy atom. The van der Waals surface area contributed by atoms with E-state index < -0.39 is 0 Å². The molecule has 0 bridgehead atoms. The number of likely N-dealkylation sites (tertiary alicyclic amines) is 1. The third kappa shape index (κ3) is 4.31. The maximum atomic E-state index is 11.3. The molecule has 104 valence electrons. The molecular formula is C14H21N3O2. The number of amides is 1. The molecule has 1 fully saturated rings. The predicted molar refractivity (Wildman–Crippen MR) is 73.4 cm³/mol. The topological polar surface area (TPSA) is 67.6 Å². The number of benzene rings is 1. The Kier molecular flexibility index (Phi) is 5.32. The lowest BCUT2D eigenvalue weighted by molar-refractivity contribution is 0.0951. The summed E-state index contributed by atoms with van der Waals surface area (Å²) in [6.07, 6.45) is 2.62. The molecule has 19 heavy (non-hydrogen) atoms. The molecule has 1 saturated heterocycles. The average Bonchev–Trinajstić information content (AvgIpc) is 2.96. The fraction of sp³-hybridized carbons (Fsp3) is 0.500. The van der Waals surface area contributed by atoms with Gasteiger partial charge in [0.2, 0.25) is 0 Å². The van der Waals surface area contributed by atoms with Gasteiger partial charge in [-0.3, -0.25) is 10.2 Å². The van der Waals surface area contributed by atoms with E-state index in [1.54, 1.807) is 12.1 Å². The number of hydrogen-bond donors (Lipinski definition) is 2. The average molecular weight is 263 g/mol. The van der Waals surface area contributed by atoms with Crippen molar-refractivity contribution in [2.75, 3.05) is 26.2 Å². The van der Waals surface area contributed by atoms with Crippen molar-refractivity contribution in [3.63, 3.8) is 0 Å². The highest BCUT2D eigenvalue weighted by Crippen LogP contribution is 2.08. The van der Waals surface area contributed by atoms with E-state index in [9.17, 15) is 4.79 Å². The van der Waals surface area contributed by atoms with E-state index in [0.717, 1.165) is 18.7 Å². The van der Waals surface area contributed by atoms with Crippen molar-refractivity contribution < 1.29 is 9.53 Å². The maximum Gasteiger partial charge on any atom is 0.265 e. The second-order valence-electron chi connectivity index (χ2n) is 4.77. The number of nitrogens with zero attached hydrogens (tertiary/aromatic N) is 1. The van der Waals surface area contributed by atoms with Crippen molar-refractivity contribution in [1.29, 1.82) is 0 Å². The van der Waals surface area contributed by atoms with Crippen LogP contribution >= 0.6 is 0 Å². The fourth-order valence-corrected chi connectivity index (χ4v) is 2.23. The minimum absolute atomic E-state index is 0.276. The van der Waals surface area contributed by atoms with Crippen molar-refractivity contribution in [3.8, 4) is 0 Å². The van der Waals surface area contributed by atoms with Crippen molar-refractivity contribution in [2.45, 2.75) is 19.4 Å². The Hall–Kier alpha value is -1.43. The van der Waals surface area contributed by atoms with Gasteiger partial charge in [0.05, 0.1) is 13.2 Å². The molecule has 1 aromatic carbocycles. The van der Waals surface area contributed by atoms with E-state index in [4.69, 9.17) is 10.6 Å².